The van der Waals surface area contributed by atoms with Gasteiger partial charge in [0, 0.05) is 22.5 Å². The Balaban J connectivity index is 2.34. The second-order valence-electron chi connectivity index (χ2n) is 12.2. The van der Waals surface area contributed by atoms with Gasteiger partial charge in [0.05, 0.1) is 14.0 Å². The van der Waals surface area contributed by atoms with Crippen molar-refractivity contribution in [1.82, 2.24) is 0 Å². The van der Waals surface area contributed by atoms with Crippen LogP contribution in [0.25, 0.3) is 11.3 Å². The first-order valence-corrected chi connectivity index (χ1v) is 16.5. The van der Waals surface area contributed by atoms with Gasteiger partial charge in [0.1, 0.15) is 5.70 Å². The lowest BCUT2D eigenvalue weighted by Gasteiger charge is -2.34. The molecule has 35 heavy (non-hydrogen) atoms. The molecule has 0 amide bonds. The maximum absolute atomic E-state index is 4.93. The van der Waals surface area contributed by atoms with Gasteiger partial charge in [-0.2, -0.15) is 4.57 Å². The van der Waals surface area contributed by atoms with Crippen LogP contribution in [-0.4, -0.2) is 13.8 Å². The molecule has 0 radical (unpaired) electrons. The molecule has 0 fully saturated rings. The third kappa shape index (κ3) is 5.67. The van der Waals surface area contributed by atoms with Gasteiger partial charge in [-0.25, -0.2) is 0 Å². The monoisotopic (exact) mass is 485 g/mol. The van der Waals surface area contributed by atoms with Crippen molar-refractivity contribution < 1.29 is 4.57 Å². The van der Waals surface area contributed by atoms with Gasteiger partial charge in [0.25, 0.3) is 0 Å². The number of pyridine rings is 1. The number of fused-ring (bicyclic) bond motifs is 3. The van der Waals surface area contributed by atoms with E-state index >= 15 is 0 Å². The minimum absolute atomic E-state index is 0.0618. The highest BCUT2D eigenvalue weighted by Crippen LogP contribution is 2.45. The van der Waals surface area contributed by atoms with E-state index in [9.17, 15) is 0 Å². The van der Waals surface area contributed by atoms with Crippen LogP contribution in [0, 0.1) is 5.41 Å². The van der Waals surface area contributed by atoms with Crippen molar-refractivity contribution in [3.05, 3.63) is 85.2 Å². The predicted octanol–water partition coefficient (Wildman–Crippen LogP) is 8.10. The van der Waals surface area contributed by atoms with Crippen LogP contribution in [0.1, 0.15) is 76.5 Å². The molecule has 1 aromatic carbocycles. The molecule has 1 aliphatic heterocycles. The van der Waals surface area contributed by atoms with E-state index < -0.39 is 8.07 Å². The van der Waals surface area contributed by atoms with Gasteiger partial charge < -0.3 is 0 Å². The Bertz CT molecular complexity index is 1160. The van der Waals surface area contributed by atoms with Crippen molar-refractivity contribution in [3.8, 4) is 11.3 Å². The van der Waals surface area contributed by atoms with E-state index in [1.54, 1.807) is 0 Å². The Labute approximate surface area is 215 Å². The normalized spacial score (nSPS) is 18.1. The van der Waals surface area contributed by atoms with Crippen molar-refractivity contribution in [1.29, 1.82) is 0 Å². The molecular weight excluding hydrogens is 440 g/mol. The highest BCUT2D eigenvalue weighted by Gasteiger charge is 2.43. The van der Waals surface area contributed by atoms with Crippen LogP contribution in [0.5, 0.6) is 0 Å². The molecule has 186 valence electrons. The number of rotatable bonds is 9. The average Bonchev–Trinajstić information content (AvgIpc) is 2.80. The minimum Gasteiger partial charge on any atom is -0.252 e. The third-order valence-electron chi connectivity index (χ3n) is 7.51. The standard InChI is InChI=1S/C32H45N2Si/c1-12-23(5)33-24(6)31-27(18-19-32(7,8)13-2)25-16-14-15-17-26(25)29-20-28(22(3)4)30(21-34(29)31)35(9,10)11/h12-17,20-22,27,31H,1-2,6,18-19H2,3-5,7-11H3/q+1/b33-23+. The largest absolute Gasteiger partial charge is 0.252 e. The molecule has 0 saturated heterocycles. The molecule has 3 heteroatoms. The van der Waals surface area contributed by atoms with Crippen LogP contribution >= 0.6 is 0 Å². The molecule has 1 aromatic heterocycles. The fourth-order valence-corrected chi connectivity index (χ4v) is 6.98. The maximum Gasteiger partial charge on any atom is 0.213 e. The zero-order valence-corrected chi connectivity index (χ0v) is 24.3. The van der Waals surface area contributed by atoms with Crippen LogP contribution in [0.2, 0.25) is 19.6 Å². The predicted molar refractivity (Wildman–Crippen MR) is 157 cm³/mol. The van der Waals surface area contributed by atoms with Gasteiger partial charge in [0.2, 0.25) is 11.7 Å². The summed E-state index contributed by atoms with van der Waals surface area (Å²) < 4.78 is 2.51. The number of hydrogen-bond acceptors (Lipinski definition) is 1. The number of nitrogens with zero attached hydrogens (tertiary/aromatic N) is 2. The van der Waals surface area contributed by atoms with Crippen molar-refractivity contribution >= 4 is 19.0 Å². The Hall–Kier alpha value is -2.52. The van der Waals surface area contributed by atoms with E-state index in [1.165, 1.54) is 27.6 Å². The van der Waals surface area contributed by atoms with Crippen molar-refractivity contribution in [2.24, 2.45) is 10.4 Å². The van der Waals surface area contributed by atoms with E-state index in [0.717, 1.165) is 24.3 Å². The number of hydrogen-bond donors (Lipinski definition) is 0. The van der Waals surface area contributed by atoms with Gasteiger partial charge in [-0.1, -0.05) is 84.8 Å². The molecule has 2 unspecified atom stereocenters. The summed E-state index contributed by atoms with van der Waals surface area (Å²) in [5.74, 6) is 0.764. The van der Waals surface area contributed by atoms with Gasteiger partial charge in [-0.15, -0.1) is 6.58 Å². The Morgan fingerprint density at radius 3 is 2.40 bits per heavy atom. The number of aliphatic imine (C=N–C) groups is 1. The molecule has 0 saturated carbocycles. The highest BCUT2D eigenvalue weighted by molar-refractivity contribution is 6.89. The van der Waals surface area contributed by atoms with Crippen LogP contribution in [0.3, 0.4) is 0 Å². The summed E-state index contributed by atoms with van der Waals surface area (Å²) in [5, 5.41) is 1.53. The van der Waals surface area contributed by atoms with E-state index in [4.69, 9.17) is 4.99 Å². The van der Waals surface area contributed by atoms with Crippen LogP contribution in [0.4, 0.5) is 0 Å². The fourth-order valence-electron chi connectivity index (χ4n) is 5.23. The molecule has 2 heterocycles. The zero-order chi connectivity index (χ0) is 26.1. The van der Waals surface area contributed by atoms with Gasteiger partial charge in [0.15, 0.2) is 6.20 Å². The molecule has 3 rings (SSSR count). The lowest BCUT2D eigenvalue weighted by molar-refractivity contribution is -0.708. The van der Waals surface area contributed by atoms with E-state index in [1.807, 2.05) is 13.0 Å². The Morgan fingerprint density at radius 2 is 1.83 bits per heavy atom. The van der Waals surface area contributed by atoms with Crippen LogP contribution in [0.15, 0.2) is 79.1 Å². The van der Waals surface area contributed by atoms with Crippen LogP contribution < -0.4 is 9.75 Å². The lowest BCUT2D eigenvalue weighted by atomic mass is 9.75. The maximum atomic E-state index is 4.93. The molecule has 2 aromatic rings. The smallest absolute Gasteiger partial charge is 0.213 e. The summed E-state index contributed by atoms with van der Waals surface area (Å²) in [6, 6.07) is 11.5. The SMILES string of the molecule is C=C/C(C)=N/C(=C)C1C(CCC(C)(C)C=C)c2ccccc2-c2cc(C(C)C)c([Si](C)(C)C)c[n+]21. The minimum atomic E-state index is -1.59. The lowest BCUT2D eigenvalue weighted by Crippen LogP contribution is -2.54. The molecule has 0 spiro atoms. The Morgan fingerprint density at radius 1 is 1.17 bits per heavy atom. The Kier molecular flexibility index (Phi) is 7.91. The molecule has 2 atom stereocenters. The van der Waals surface area contributed by atoms with E-state index in [0.29, 0.717) is 5.92 Å². The highest BCUT2D eigenvalue weighted by atomic mass is 28.3. The number of aromatic nitrogens is 1. The summed E-state index contributed by atoms with van der Waals surface area (Å²) in [6.45, 7) is 31.1. The third-order valence-corrected chi connectivity index (χ3v) is 9.54. The number of allylic oxidation sites excluding steroid dienone is 3. The van der Waals surface area contributed by atoms with E-state index in [-0.39, 0.29) is 17.4 Å². The molecule has 1 aliphatic rings. The average molecular weight is 486 g/mol. The summed E-state index contributed by atoms with van der Waals surface area (Å²) >= 11 is 0. The summed E-state index contributed by atoms with van der Waals surface area (Å²) in [6.07, 6.45) is 8.48. The topological polar surface area (TPSA) is 16.2 Å². The first-order chi connectivity index (χ1) is 16.3. The molecule has 0 bridgehead atoms. The first-order valence-electron chi connectivity index (χ1n) is 13.0. The van der Waals surface area contributed by atoms with Crippen molar-refractivity contribution in [2.45, 2.75) is 85.0 Å². The van der Waals surface area contributed by atoms with Crippen molar-refractivity contribution in [2.75, 3.05) is 0 Å². The molecule has 0 aliphatic carbocycles. The summed E-state index contributed by atoms with van der Waals surface area (Å²) in [5.41, 5.74) is 7.40. The zero-order valence-electron chi connectivity index (χ0n) is 23.3. The van der Waals surface area contributed by atoms with Crippen LogP contribution in [-0.2, 0) is 0 Å². The second kappa shape index (κ2) is 10.2. The van der Waals surface area contributed by atoms with E-state index in [2.05, 4.69) is 114 Å². The first kappa shape index (κ1) is 27.1. The summed E-state index contributed by atoms with van der Waals surface area (Å²) in [4.78, 5) is 4.93. The van der Waals surface area contributed by atoms with Gasteiger partial charge >= 0.3 is 0 Å². The number of benzene rings is 1. The fraction of sp³-hybridized carbons (Fsp3) is 0.438. The molecule has 2 nitrogen and oxygen atoms in total. The summed E-state index contributed by atoms with van der Waals surface area (Å²) in [7, 11) is -1.59. The molecule has 0 N–H and O–H groups in total. The molecular formula is C32H45N2Si+. The second-order valence-corrected chi connectivity index (χ2v) is 17.2. The van der Waals surface area contributed by atoms with Gasteiger partial charge in [-0.05, 0) is 54.4 Å². The van der Waals surface area contributed by atoms with Crippen molar-refractivity contribution in [3.63, 3.8) is 0 Å². The van der Waals surface area contributed by atoms with Gasteiger partial charge in [-0.3, -0.25) is 4.99 Å². The quantitative estimate of drug-likeness (QED) is 0.148.